The summed E-state index contributed by atoms with van der Waals surface area (Å²) < 4.78 is 0.672. The van der Waals surface area contributed by atoms with Crippen molar-refractivity contribution in [3.8, 4) is 11.3 Å². The van der Waals surface area contributed by atoms with Gasteiger partial charge < -0.3 is 9.97 Å². The number of rotatable bonds is 1. The van der Waals surface area contributed by atoms with Crippen LogP contribution in [0.1, 0.15) is 0 Å². The first-order chi connectivity index (χ1) is 5.36. The molecular weight excluding hydrogens is 176 g/mol. The van der Waals surface area contributed by atoms with Gasteiger partial charge in [-0.25, -0.2) is 0 Å². The molecule has 0 aromatic carbocycles. The molecule has 0 radical (unpaired) electrons. The number of imidazole rings is 1. The van der Waals surface area contributed by atoms with Crippen LogP contribution in [0.15, 0.2) is 23.0 Å². The van der Waals surface area contributed by atoms with Crippen LogP contribution < -0.4 is 0 Å². The van der Waals surface area contributed by atoms with Crippen LogP contribution >= 0.6 is 23.6 Å². The van der Waals surface area contributed by atoms with Crippen molar-refractivity contribution in [1.29, 1.82) is 0 Å². The number of thiophene rings is 1. The van der Waals surface area contributed by atoms with E-state index in [0.29, 0.717) is 4.77 Å². The Balaban J connectivity index is 2.53. The summed E-state index contributed by atoms with van der Waals surface area (Å²) in [7, 11) is 0. The Hall–Kier alpha value is -0.870. The Morgan fingerprint density at radius 2 is 2.36 bits per heavy atom. The van der Waals surface area contributed by atoms with Crippen LogP contribution in [0.4, 0.5) is 0 Å². The van der Waals surface area contributed by atoms with Gasteiger partial charge in [0.25, 0.3) is 0 Å². The molecule has 2 aromatic heterocycles. The van der Waals surface area contributed by atoms with Crippen molar-refractivity contribution in [2.45, 2.75) is 0 Å². The van der Waals surface area contributed by atoms with E-state index in [4.69, 9.17) is 12.2 Å². The lowest BCUT2D eigenvalue weighted by Gasteiger charge is -1.86. The number of nitrogens with one attached hydrogen (secondary N) is 2. The molecule has 0 saturated heterocycles. The first kappa shape index (κ1) is 6.82. The monoisotopic (exact) mass is 182 g/mol. The second-order valence-corrected chi connectivity index (χ2v) is 3.36. The summed E-state index contributed by atoms with van der Waals surface area (Å²) in [4.78, 5) is 5.97. The summed E-state index contributed by atoms with van der Waals surface area (Å²) in [5, 5.41) is 4.12. The van der Waals surface area contributed by atoms with E-state index in [-0.39, 0.29) is 0 Å². The van der Waals surface area contributed by atoms with Crippen LogP contribution in [0.3, 0.4) is 0 Å². The number of hydrogen-bond acceptors (Lipinski definition) is 2. The van der Waals surface area contributed by atoms with Gasteiger partial charge in [-0.05, 0) is 23.7 Å². The van der Waals surface area contributed by atoms with Crippen molar-refractivity contribution in [2.75, 3.05) is 0 Å². The van der Waals surface area contributed by atoms with Gasteiger partial charge in [-0.1, -0.05) is 0 Å². The SMILES string of the molecule is S=c1[nH]cc(-c2ccsc2)[nH]1. The minimum atomic E-state index is 0.672. The fourth-order valence-electron chi connectivity index (χ4n) is 0.905. The number of aromatic nitrogens is 2. The first-order valence-corrected chi connectivity index (χ1v) is 4.51. The second kappa shape index (κ2) is 2.64. The van der Waals surface area contributed by atoms with Crippen molar-refractivity contribution >= 4 is 23.6 Å². The van der Waals surface area contributed by atoms with Crippen LogP contribution in [-0.4, -0.2) is 9.97 Å². The topological polar surface area (TPSA) is 31.6 Å². The van der Waals surface area contributed by atoms with Crippen LogP contribution in [-0.2, 0) is 0 Å². The van der Waals surface area contributed by atoms with E-state index < -0.39 is 0 Å². The summed E-state index contributed by atoms with van der Waals surface area (Å²) in [6.07, 6.45) is 1.88. The van der Waals surface area contributed by atoms with E-state index >= 15 is 0 Å². The lowest BCUT2D eigenvalue weighted by Crippen LogP contribution is -1.69. The third-order valence-electron chi connectivity index (χ3n) is 1.43. The van der Waals surface area contributed by atoms with Gasteiger partial charge >= 0.3 is 0 Å². The maximum atomic E-state index is 4.90. The fraction of sp³-hybridized carbons (Fsp3) is 0. The molecule has 2 nitrogen and oxygen atoms in total. The number of H-pyrrole nitrogens is 2. The van der Waals surface area contributed by atoms with E-state index in [1.807, 2.05) is 11.6 Å². The minimum Gasteiger partial charge on any atom is -0.337 e. The Morgan fingerprint density at radius 1 is 1.45 bits per heavy atom. The molecule has 2 rings (SSSR count). The molecule has 11 heavy (non-hydrogen) atoms. The highest BCUT2D eigenvalue weighted by molar-refractivity contribution is 7.71. The lowest BCUT2D eigenvalue weighted by atomic mass is 10.3. The summed E-state index contributed by atoms with van der Waals surface area (Å²) in [5.74, 6) is 0. The molecule has 0 aliphatic heterocycles. The molecule has 0 aliphatic carbocycles. The van der Waals surface area contributed by atoms with Crippen molar-refractivity contribution < 1.29 is 0 Å². The maximum Gasteiger partial charge on any atom is 0.174 e. The molecule has 0 atom stereocenters. The van der Waals surface area contributed by atoms with Crippen molar-refractivity contribution in [3.05, 3.63) is 27.8 Å². The van der Waals surface area contributed by atoms with Crippen LogP contribution in [0.25, 0.3) is 11.3 Å². The first-order valence-electron chi connectivity index (χ1n) is 3.16. The Bertz CT molecular complexity index is 382. The summed E-state index contributed by atoms with van der Waals surface area (Å²) in [6, 6.07) is 2.05. The van der Waals surface area contributed by atoms with Gasteiger partial charge in [-0.15, -0.1) is 0 Å². The third kappa shape index (κ3) is 1.27. The van der Waals surface area contributed by atoms with E-state index in [2.05, 4.69) is 21.4 Å². The fourth-order valence-corrected chi connectivity index (χ4v) is 1.73. The van der Waals surface area contributed by atoms with E-state index in [0.717, 1.165) is 5.69 Å². The average molecular weight is 182 g/mol. The molecule has 2 N–H and O–H groups in total. The summed E-state index contributed by atoms with van der Waals surface area (Å²) in [6.45, 7) is 0. The van der Waals surface area contributed by atoms with Crippen LogP contribution in [0, 0.1) is 4.77 Å². The smallest absolute Gasteiger partial charge is 0.174 e. The minimum absolute atomic E-state index is 0.672. The van der Waals surface area contributed by atoms with Gasteiger partial charge in [0.15, 0.2) is 4.77 Å². The number of aromatic amines is 2. The number of hydrogen-bond donors (Lipinski definition) is 2. The zero-order valence-corrected chi connectivity index (χ0v) is 7.26. The molecule has 0 unspecified atom stereocenters. The van der Waals surface area contributed by atoms with Gasteiger partial charge in [0.05, 0.1) is 5.69 Å². The summed E-state index contributed by atoms with van der Waals surface area (Å²) >= 11 is 6.57. The highest BCUT2D eigenvalue weighted by Crippen LogP contribution is 2.18. The van der Waals surface area contributed by atoms with Gasteiger partial charge in [0.1, 0.15) is 0 Å². The van der Waals surface area contributed by atoms with Gasteiger partial charge in [0.2, 0.25) is 0 Å². The molecule has 0 amide bonds. The zero-order valence-electron chi connectivity index (χ0n) is 5.63. The molecule has 2 heterocycles. The molecular formula is C7H6N2S2. The molecule has 2 aromatic rings. The second-order valence-electron chi connectivity index (χ2n) is 2.17. The Kier molecular flexibility index (Phi) is 1.63. The molecule has 0 spiro atoms. The predicted octanol–water partition coefficient (Wildman–Crippen LogP) is 2.80. The van der Waals surface area contributed by atoms with Crippen LogP contribution in [0.5, 0.6) is 0 Å². The lowest BCUT2D eigenvalue weighted by molar-refractivity contribution is 1.27. The van der Waals surface area contributed by atoms with Crippen molar-refractivity contribution in [3.63, 3.8) is 0 Å². The quantitative estimate of drug-likeness (QED) is 0.653. The molecule has 0 fully saturated rings. The van der Waals surface area contributed by atoms with E-state index in [1.54, 1.807) is 11.3 Å². The van der Waals surface area contributed by atoms with Crippen molar-refractivity contribution in [1.82, 2.24) is 9.97 Å². The predicted molar refractivity (Wildman–Crippen MR) is 49.3 cm³/mol. The normalized spacial score (nSPS) is 10.2. The van der Waals surface area contributed by atoms with Gasteiger partial charge in [-0.3, -0.25) is 0 Å². The molecule has 0 bridgehead atoms. The Morgan fingerprint density at radius 3 is 2.91 bits per heavy atom. The highest BCUT2D eigenvalue weighted by Gasteiger charge is 1.96. The van der Waals surface area contributed by atoms with Crippen molar-refractivity contribution in [2.24, 2.45) is 0 Å². The van der Waals surface area contributed by atoms with Gasteiger partial charge in [0, 0.05) is 17.1 Å². The maximum absolute atomic E-state index is 4.90. The van der Waals surface area contributed by atoms with E-state index in [9.17, 15) is 0 Å². The zero-order chi connectivity index (χ0) is 7.68. The largest absolute Gasteiger partial charge is 0.337 e. The summed E-state index contributed by atoms with van der Waals surface area (Å²) in [5.41, 5.74) is 2.23. The molecule has 56 valence electrons. The standard InChI is InChI=1S/C7H6N2S2/c10-7-8-3-6(9-7)5-1-2-11-4-5/h1-4H,(H2,8,9,10). The average Bonchev–Trinajstić information content (AvgIpc) is 2.55. The van der Waals surface area contributed by atoms with E-state index in [1.165, 1.54) is 5.56 Å². The third-order valence-corrected chi connectivity index (χ3v) is 2.33. The van der Waals surface area contributed by atoms with Gasteiger partial charge in [-0.2, -0.15) is 11.3 Å². The molecule has 4 heteroatoms. The Labute approximate surface area is 72.9 Å². The molecule has 0 saturated carbocycles. The van der Waals surface area contributed by atoms with Crippen LogP contribution in [0.2, 0.25) is 0 Å². The molecule has 0 aliphatic rings. The highest BCUT2D eigenvalue weighted by atomic mass is 32.1.